The lowest BCUT2D eigenvalue weighted by Crippen LogP contribution is -2.63. The number of likely N-dealkylation sites (tertiary alicyclic amines) is 1. The lowest BCUT2D eigenvalue weighted by molar-refractivity contribution is -0.159. The standard InChI is InChI=1S/C16H22N2O5/c1-15(2,3)23-14(21)18-9-16(10-18,13(19)20)7-11-5-6-12(22-4)17-8-11/h5-6,8H,7,9-10H2,1-4H3,(H,19,20). The Bertz CT molecular complexity index is 585. The fourth-order valence-electron chi connectivity index (χ4n) is 2.49. The number of carboxylic acid groups (broad SMARTS) is 1. The first-order chi connectivity index (χ1) is 10.6. The van der Waals surface area contributed by atoms with Crippen LogP contribution in [0.2, 0.25) is 0 Å². The summed E-state index contributed by atoms with van der Waals surface area (Å²) in [6.45, 7) is 5.58. The van der Waals surface area contributed by atoms with Gasteiger partial charge in [-0.25, -0.2) is 9.78 Å². The van der Waals surface area contributed by atoms with Crippen molar-refractivity contribution in [1.29, 1.82) is 0 Å². The minimum absolute atomic E-state index is 0.128. The van der Waals surface area contributed by atoms with Crippen LogP contribution in [0.3, 0.4) is 0 Å². The van der Waals surface area contributed by atoms with Crippen LogP contribution in [-0.4, -0.2) is 52.9 Å². The molecule has 1 aromatic heterocycles. The Balaban J connectivity index is 2.03. The number of carbonyl (C=O) groups excluding carboxylic acids is 1. The molecule has 7 heteroatoms. The highest BCUT2D eigenvalue weighted by atomic mass is 16.6. The number of rotatable bonds is 4. The molecule has 0 saturated carbocycles. The number of carbonyl (C=O) groups is 2. The Morgan fingerprint density at radius 1 is 1.35 bits per heavy atom. The first-order valence-electron chi connectivity index (χ1n) is 7.35. The van der Waals surface area contributed by atoms with Crippen LogP contribution in [0.5, 0.6) is 5.88 Å². The summed E-state index contributed by atoms with van der Waals surface area (Å²) in [4.78, 5) is 29.1. The second-order valence-corrected chi connectivity index (χ2v) is 6.81. The van der Waals surface area contributed by atoms with Crippen molar-refractivity contribution in [3.05, 3.63) is 23.9 Å². The van der Waals surface area contributed by atoms with Crippen molar-refractivity contribution in [1.82, 2.24) is 9.88 Å². The smallest absolute Gasteiger partial charge is 0.410 e. The number of nitrogens with zero attached hydrogens (tertiary/aromatic N) is 2. The Kier molecular flexibility index (Phi) is 4.49. The molecule has 0 spiro atoms. The summed E-state index contributed by atoms with van der Waals surface area (Å²) in [5.41, 5.74) is -0.803. The highest BCUT2D eigenvalue weighted by Crippen LogP contribution is 2.35. The lowest BCUT2D eigenvalue weighted by atomic mass is 9.75. The van der Waals surface area contributed by atoms with Gasteiger partial charge in [0, 0.05) is 25.4 Å². The molecule has 0 unspecified atom stereocenters. The number of aromatic nitrogens is 1. The minimum Gasteiger partial charge on any atom is -0.481 e. The minimum atomic E-state index is -0.993. The highest BCUT2D eigenvalue weighted by molar-refractivity contribution is 5.81. The molecule has 23 heavy (non-hydrogen) atoms. The Morgan fingerprint density at radius 3 is 2.43 bits per heavy atom. The number of ether oxygens (including phenoxy) is 2. The van der Waals surface area contributed by atoms with Gasteiger partial charge >= 0.3 is 12.1 Å². The van der Waals surface area contributed by atoms with Crippen LogP contribution >= 0.6 is 0 Å². The van der Waals surface area contributed by atoms with Gasteiger partial charge < -0.3 is 19.5 Å². The van der Waals surface area contributed by atoms with Crippen LogP contribution in [0.1, 0.15) is 26.3 Å². The first kappa shape index (κ1) is 17.1. The summed E-state index contributed by atoms with van der Waals surface area (Å²) in [5.74, 6) is -0.449. The van der Waals surface area contributed by atoms with Crippen molar-refractivity contribution in [3.63, 3.8) is 0 Å². The lowest BCUT2D eigenvalue weighted by Gasteiger charge is -2.47. The molecular weight excluding hydrogens is 300 g/mol. The maximum Gasteiger partial charge on any atom is 0.410 e. The van der Waals surface area contributed by atoms with E-state index in [0.29, 0.717) is 12.3 Å². The fraction of sp³-hybridized carbons (Fsp3) is 0.562. The van der Waals surface area contributed by atoms with Crippen molar-refractivity contribution in [3.8, 4) is 5.88 Å². The van der Waals surface area contributed by atoms with Gasteiger partial charge in [-0.05, 0) is 32.8 Å². The molecule has 1 aromatic rings. The average Bonchev–Trinajstić information content (AvgIpc) is 2.40. The van der Waals surface area contributed by atoms with Gasteiger partial charge in [0.1, 0.15) is 11.0 Å². The third-order valence-electron chi connectivity index (χ3n) is 3.64. The van der Waals surface area contributed by atoms with Crippen molar-refractivity contribution in [2.75, 3.05) is 20.2 Å². The third kappa shape index (κ3) is 3.91. The van der Waals surface area contributed by atoms with Gasteiger partial charge in [0.05, 0.1) is 7.11 Å². The molecular formula is C16H22N2O5. The van der Waals surface area contributed by atoms with E-state index in [0.717, 1.165) is 5.56 Å². The molecule has 2 heterocycles. The van der Waals surface area contributed by atoms with Crippen LogP contribution in [0.15, 0.2) is 18.3 Å². The van der Waals surface area contributed by atoms with E-state index in [9.17, 15) is 14.7 Å². The van der Waals surface area contributed by atoms with E-state index >= 15 is 0 Å². The van der Waals surface area contributed by atoms with E-state index < -0.39 is 23.1 Å². The molecule has 0 aliphatic carbocycles. The third-order valence-corrected chi connectivity index (χ3v) is 3.64. The van der Waals surface area contributed by atoms with Crippen LogP contribution in [-0.2, 0) is 16.0 Å². The van der Waals surface area contributed by atoms with Gasteiger partial charge in [-0.1, -0.05) is 6.07 Å². The summed E-state index contributed by atoms with van der Waals surface area (Å²) in [7, 11) is 1.52. The molecule has 2 rings (SSSR count). The van der Waals surface area contributed by atoms with Gasteiger partial charge in [-0.3, -0.25) is 4.79 Å². The zero-order valence-corrected chi connectivity index (χ0v) is 13.8. The number of hydrogen-bond acceptors (Lipinski definition) is 5. The molecule has 1 amide bonds. The molecule has 0 atom stereocenters. The van der Waals surface area contributed by atoms with E-state index in [1.807, 2.05) is 0 Å². The van der Waals surface area contributed by atoms with E-state index in [-0.39, 0.29) is 13.1 Å². The second-order valence-electron chi connectivity index (χ2n) is 6.81. The zero-order chi connectivity index (χ0) is 17.3. The predicted octanol–water partition coefficient (Wildman–Crippen LogP) is 1.95. The normalized spacial score (nSPS) is 16.4. The monoisotopic (exact) mass is 322 g/mol. The summed E-state index contributed by atoms with van der Waals surface area (Å²) in [5, 5.41) is 9.55. The zero-order valence-electron chi connectivity index (χ0n) is 13.8. The molecule has 7 nitrogen and oxygen atoms in total. The number of pyridine rings is 1. The number of amides is 1. The largest absolute Gasteiger partial charge is 0.481 e. The van der Waals surface area contributed by atoms with Crippen molar-refractivity contribution < 1.29 is 24.2 Å². The van der Waals surface area contributed by atoms with Crippen molar-refractivity contribution in [2.24, 2.45) is 5.41 Å². The van der Waals surface area contributed by atoms with Gasteiger partial charge in [0.2, 0.25) is 5.88 Å². The Labute approximate surface area is 135 Å². The predicted molar refractivity (Wildman–Crippen MR) is 82.4 cm³/mol. The molecule has 1 aliphatic rings. The quantitative estimate of drug-likeness (QED) is 0.911. The molecule has 1 saturated heterocycles. The summed E-state index contributed by atoms with van der Waals surface area (Å²) < 4.78 is 10.2. The molecule has 0 bridgehead atoms. The Hall–Kier alpha value is -2.31. The Morgan fingerprint density at radius 2 is 2.00 bits per heavy atom. The molecule has 1 fully saturated rings. The molecule has 0 aromatic carbocycles. The fourth-order valence-corrected chi connectivity index (χ4v) is 2.49. The topological polar surface area (TPSA) is 89.0 Å². The SMILES string of the molecule is COc1ccc(CC2(C(=O)O)CN(C(=O)OC(C)(C)C)C2)cn1. The number of carboxylic acids is 1. The molecule has 1 aliphatic heterocycles. The maximum absolute atomic E-state index is 12.0. The van der Waals surface area contributed by atoms with Crippen LogP contribution in [0.4, 0.5) is 4.79 Å². The van der Waals surface area contributed by atoms with E-state index in [1.54, 1.807) is 39.1 Å². The summed E-state index contributed by atoms with van der Waals surface area (Å²) >= 11 is 0. The van der Waals surface area contributed by atoms with Crippen LogP contribution in [0.25, 0.3) is 0 Å². The van der Waals surface area contributed by atoms with Crippen molar-refractivity contribution in [2.45, 2.75) is 32.8 Å². The van der Waals surface area contributed by atoms with Gasteiger partial charge in [-0.15, -0.1) is 0 Å². The van der Waals surface area contributed by atoms with Crippen LogP contribution in [0, 0.1) is 5.41 Å². The molecule has 0 radical (unpaired) electrons. The van der Waals surface area contributed by atoms with Gasteiger partial charge in [0.15, 0.2) is 0 Å². The second kappa shape index (κ2) is 6.06. The van der Waals surface area contributed by atoms with Gasteiger partial charge in [-0.2, -0.15) is 0 Å². The maximum atomic E-state index is 12.0. The molecule has 126 valence electrons. The molecule has 1 N–H and O–H groups in total. The highest BCUT2D eigenvalue weighted by Gasteiger charge is 2.52. The first-order valence-corrected chi connectivity index (χ1v) is 7.35. The summed E-state index contributed by atoms with van der Waals surface area (Å²) in [6, 6.07) is 3.47. The number of methoxy groups -OCH3 is 1. The van der Waals surface area contributed by atoms with E-state index in [2.05, 4.69) is 4.98 Å². The van der Waals surface area contributed by atoms with Crippen molar-refractivity contribution >= 4 is 12.1 Å². The number of hydrogen-bond donors (Lipinski definition) is 1. The van der Waals surface area contributed by atoms with Crippen LogP contribution < -0.4 is 4.74 Å². The van der Waals surface area contributed by atoms with E-state index in [4.69, 9.17) is 9.47 Å². The number of aliphatic carboxylic acids is 1. The van der Waals surface area contributed by atoms with E-state index in [1.165, 1.54) is 12.0 Å². The average molecular weight is 322 g/mol. The van der Waals surface area contributed by atoms with Gasteiger partial charge in [0.25, 0.3) is 0 Å². The summed E-state index contributed by atoms with van der Waals surface area (Å²) in [6.07, 6.45) is 1.42.